The third-order valence-electron chi connectivity index (χ3n) is 2.66. The molecule has 0 saturated heterocycles. The van der Waals surface area contributed by atoms with Gasteiger partial charge in [-0.1, -0.05) is 35.0 Å². The van der Waals surface area contributed by atoms with Gasteiger partial charge in [-0.2, -0.15) is 4.68 Å². The summed E-state index contributed by atoms with van der Waals surface area (Å²) in [6.45, 7) is 5.85. The summed E-state index contributed by atoms with van der Waals surface area (Å²) in [6, 6.07) is 3.23. The molecule has 0 saturated carbocycles. The number of nitrogens with zero attached hydrogens (tertiary/aromatic N) is 4. The molecule has 0 unspecified atom stereocenters. The van der Waals surface area contributed by atoms with Crippen LogP contribution < -0.4 is 4.74 Å². The molecule has 1 aromatic heterocycles. The van der Waals surface area contributed by atoms with E-state index in [9.17, 15) is 4.79 Å². The number of hydrogen-bond acceptors (Lipinski definition) is 7. The number of esters is 1. The summed E-state index contributed by atoms with van der Waals surface area (Å²) < 4.78 is 12.0. The van der Waals surface area contributed by atoms with Crippen molar-refractivity contribution in [2.45, 2.75) is 32.0 Å². The lowest BCUT2D eigenvalue weighted by atomic mass is 10.3. The largest absolute Gasteiger partial charge is 0.489 e. The van der Waals surface area contributed by atoms with Crippen LogP contribution in [0.4, 0.5) is 0 Å². The van der Waals surface area contributed by atoms with Crippen molar-refractivity contribution in [1.82, 2.24) is 20.2 Å². The second-order valence-electron chi connectivity index (χ2n) is 4.87. The van der Waals surface area contributed by atoms with Crippen LogP contribution in [0.15, 0.2) is 17.3 Å². The highest BCUT2D eigenvalue weighted by molar-refractivity contribution is 7.99. The maximum Gasteiger partial charge on any atom is 0.316 e. The normalized spacial score (nSPS) is 10.9. The van der Waals surface area contributed by atoms with Crippen LogP contribution in [0.1, 0.15) is 20.8 Å². The number of hydrogen-bond donors (Lipinski definition) is 0. The van der Waals surface area contributed by atoms with Gasteiger partial charge in [0, 0.05) is 6.07 Å². The Morgan fingerprint density at radius 3 is 2.75 bits per heavy atom. The number of carbonyl (C=O) groups is 1. The molecular weight excluding hydrogens is 375 g/mol. The van der Waals surface area contributed by atoms with Gasteiger partial charge in [-0.05, 0) is 37.3 Å². The van der Waals surface area contributed by atoms with E-state index >= 15 is 0 Å². The molecule has 2 rings (SSSR count). The van der Waals surface area contributed by atoms with E-state index in [1.165, 1.54) is 4.68 Å². The molecule has 10 heteroatoms. The zero-order valence-corrected chi connectivity index (χ0v) is 15.7. The van der Waals surface area contributed by atoms with Crippen LogP contribution in [0, 0.1) is 0 Å². The summed E-state index contributed by atoms with van der Waals surface area (Å²) >= 11 is 13.6. The van der Waals surface area contributed by atoms with E-state index in [1.54, 1.807) is 19.1 Å². The fraction of sp³-hybridized carbons (Fsp3) is 0.429. The molecular formula is C14H16Cl2N4O3S. The van der Waals surface area contributed by atoms with Gasteiger partial charge in [-0.25, -0.2) is 0 Å². The highest BCUT2D eigenvalue weighted by Crippen LogP contribution is 2.34. The van der Waals surface area contributed by atoms with Gasteiger partial charge >= 0.3 is 5.97 Å². The molecule has 2 aromatic rings. The average Bonchev–Trinajstić information content (AvgIpc) is 2.96. The predicted molar refractivity (Wildman–Crippen MR) is 92.3 cm³/mol. The number of ether oxygens (including phenoxy) is 2. The molecule has 0 aliphatic carbocycles. The van der Waals surface area contributed by atoms with Crippen molar-refractivity contribution in [3.63, 3.8) is 0 Å². The Bertz CT molecular complexity index is 724. The quantitative estimate of drug-likeness (QED) is 0.529. The fourth-order valence-electron chi connectivity index (χ4n) is 1.77. The summed E-state index contributed by atoms with van der Waals surface area (Å²) in [4.78, 5) is 11.5. The minimum Gasteiger partial charge on any atom is -0.489 e. The second kappa shape index (κ2) is 8.55. The van der Waals surface area contributed by atoms with Crippen molar-refractivity contribution in [2.24, 2.45) is 0 Å². The SMILES string of the molecule is CCOC(=O)CSc1nnnn1-c1cc(OC(C)C)c(Cl)cc1Cl. The molecule has 0 amide bonds. The first kappa shape index (κ1) is 18.8. The van der Waals surface area contributed by atoms with Gasteiger partial charge in [0.1, 0.15) is 5.75 Å². The topological polar surface area (TPSA) is 79.1 Å². The van der Waals surface area contributed by atoms with E-state index in [0.717, 1.165) is 11.8 Å². The minimum atomic E-state index is -0.344. The van der Waals surface area contributed by atoms with Gasteiger partial charge in [-0.15, -0.1) is 5.10 Å². The average molecular weight is 391 g/mol. The van der Waals surface area contributed by atoms with E-state index < -0.39 is 0 Å². The lowest BCUT2D eigenvalue weighted by Gasteiger charge is -2.14. The second-order valence-corrected chi connectivity index (χ2v) is 6.62. The van der Waals surface area contributed by atoms with Gasteiger partial charge in [0.2, 0.25) is 5.16 Å². The van der Waals surface area contributed by atoms with Crippen LogP contribution in [0.25, 0.3) is 5.69 Å². The van der Waals surface area contributed by atoms with Gasteiger partial charge in [0.05, 0.1) is 34.2 Å². The Labute approximate surface area is 153 Å². The van der Waals surface area contributed by atoms with Gasteiger partial charge in [0.25, 0.3) is 0 Å². The molecule has 0 bridgehead atoms. The maximum absolute atomic E-state index is 11.5. The lowest BCUT2D eigenvalue weighted by Crippen LogP contribution is -2.09. The Balaban J connectivity index is 2.29. The van der Waals surface area contributed by atoms with Gasteiger partial charge in [-0.3, -0.25) is 4.79 Å². The lowest BCUT2D eigenvalue weighted by molar-refractivity contribution is -0.139. The summed E-state index contributed by atoms with van der Waals surface area (Å²) in [5.41, 5.74) is 0.507. The molecule has 0 spiro atoms. The Hall–Kier alpha value is -1.51. The van der Waals surface area contributed by atoms with Crippen LogP contribution in [0.2, 0.25) is 10.0 Å². The predicted octanol–water partition coefficient (Wildman–Crippen LogP) is 3.41. The van der Waals surface area contributed by atoms with Crippen LogP contribution in [-0.2, 0) is 9.53 Å². The van der Waals surface area contributed by atoms with Crippen molar-refractivity contribution in [1.29, 1.82) is 0 Å². The first-order valence-electron chi connectivity index (χ1n) is 7.15. The molecule has 0 N–H and O–H groups in total. The highest BCUT2D eigenvalue weighted by Gasteiger charge is 2.17. The molecule has 7 nitrogen and oxygen atoms in total. The first-order chi connectivity index (χ1) is 11.4. The van der Waals surface area contributed by atoms with E-state index in [4.69, 9.17) is 32.7 Å². The van der Waals surface area contributed by atoms with Crippen molar-refractivity contribution < 1.29 is 14.3 Å². The maximum atomic E-state index is 11.5. The first-order valence-corrected chi connectivity index (χ1v) is 8.89. The molecule has 0 atom stereocenters. The smallest absolute Gasteiger partial charge is 0.316 e. The van der Waals surface area contributed by atoms with Crippen molar-refractivity contribution in [3.8, 4) is 11.4 Å². The highest BCUT2D eigenvalue weighted by atomic mass is 35.5. The molecule has 1 aromatic carbocycles. The molecule has 0 fully saturated rings. The molecule has 24 heavy (non-hydrogen) atoms. The standard InChI is InChI=1S/C14H16Cl2N4O3S/c1-4-22-13(21)7-24-14-17-18-19-20(14)11-6-12(23-8(2)3)10(16)5-9(11)15/h5-6,8H,4,7H2,1-3H3. The number of halogens is 2. The zero-order valence-electron chi connectivity index (χ0n) is 13.3. The monoisotopic (exact) mass is 390 g/mol. The van der Waals surface area contributed by atoms with Gasteiger partial charge < -0.3 is 9.47 Å². The van der Waals surface area contributed by atoms with E-state index in [0.29, 0.717) is 33.2 Å². The summed E-state index contributed by atoms with van der Waals surface area (Å²) in [5.74, 6) is 0.223. The third kappa shape index (κ3) is 4.75. The Kier molecular flexibility index (Phi) is 6.70. The molecule has 1 heterocycles. The summed E-state index contributed by atoms with van der Waals surface area (Å²) in [7, 11) is 0. The number of tetrazole rings is 1. The Morgan fingerprint density at radius 1 is 1.33 bits per heavy atom. The fourth-order valence-corrected chi connectivity index (χ4v) is 2.96. The number of carbonyl (C=O) groups excluding carboxylic acids is 1. The number of benzene rings is 1. The van der Waals surface area contributed by atoms with Crippen LogP contribution in [0.3, 0.4) is 0 Å². The minimum absolute atomic E-state index is 0.0527. The van der Waals surface area contributed by atoms with Crippen LogP contribution in [-0.4, -0.2) is 44.6 Å². The Morgan fingerprint density at radius 2 is 2.08 bits per heavy atom. The van der Waals surface area contributed by atoms with Crippen LogP contribution >= 0.6 is 35.0 Å². The molecule has 0 aliphatic heterocycles. The van der Waals surface area contributed by atoms with Crippen molar-refractivity contribution in [3.05, 3.63) is 22.2 Å². The number of aromatic nitrogens is 4. The van der Waals surface area contributed by atoms with Crippen molar-refractivity contribution >= 4 is 40.9 Å². The zero-order chi connectivity index (χ0) is 17.7. The van der Waals surface area contributed by atoms with E-state index in [2.05, 4.69) is 15.5 Å². The van der Waals surface area contributed by atoms with E-state index in [1.807, 2.05) is 13.8 Å². The van der Waals surface area contributed by atoms with E-state index in [-0.39, 0.29) is 17.8 Å². The van der Waals surface area contributed by atoms with Gasteiger partial charge in [0.15, 0.2) is 0 Å². The third-order valence-corrected chi connectivity index (χ3v) is 4.15. The van der Waals surface area contributed by atoms with Crippen LogP contribution in [0.5, 0.6) is 5.75 Å². The summed E-state index contributed by atoms with van der Waals surface area (Å²) in [6.07, 6.45) is -0.0527. The summed E-state index contributed by atoms with van der Waals surface area (Å²) in [5, 5.41) is 12.6. The van der Waals surface area contributed by atoms with Crippen molar-refractivity contribution in [2.75, 3.05) is 12.4 Å². The molecule has 130 valence electrons. The number of thioether (sulfide) groups is 1. The molecule has 0 radical (unpaired) electrons. The number of rotatable bonds is 7. The molecule has 0 aliphatic rings.